The molecule has 5 rings (SSSR count). The first-order valence-electron chi connectivity index (χ1n) is 12.1. The van der Waals surface area contributed by atoms with Crippen LogP contribution in [-0.2, 0) is 26.2 Å². The van der Waals surface area contributed by atoms with Crippen LogP contribution in [0.4, 0.5) is 15.9 Å². The number of hydrogen-bond acceptors (Lipinski definition) is 5. The van der Waals surface area contributed by atoms with Crippen LogP contribution in [0.25, 0.3) is 0 Å². The second-order valence-electron chi connectivity index (χ2n) is 9.58. The van der Waals surface area contributed by atoms with Crippen LogP contribution in [-0.4, -0.2) is 53.5 Å². The number of aromatic nitrogens is 1. The topological polar surface area (TPSA) is 101 Å². The first-order valence-corrected chi connectivity index (χ1v) is 12.1. The largest absolute Gasteiger partial charge is 0.497 e. The molecule has 2 fully saturated rings. The van der Waals surface area contributed by atoms with Crippen molar-refractivity contribution >= 4 is 29.2 Å². The van der Waals surface area contributed by atoms with Gasteiger partial charge in [0.2, 0.25) is 17.7 Å². The Morgan fingerprint density at radius 1 is 1.14 bits per heavy atom. The lowest BCUT2D eigenvalue weighted by atomic mass is 9.68. The Kier molecular flexibility index (Phi) is 6.17. The molecule has 0 spiro atoms. The molecule has 2 aliphatic heterocycles. The van der Waals surface area contributed by atoms with Crippen molar-refractivity contribution in [1.29, 1.82) is 0 Å². The molecule has 1 aromatic carbocycles. The highest BCUT2D eigenvalue weighted by atomic mass is 19.1. The van der Waals surface area contributed by atoms with Gasteiger partial charge in [0.25, 0.3) is 0 Å². The van der Waals surface area contributed by atoms with E-state index in [1.165, 1.54) is 4.90 Å². The van der Waals surface area contributed by atoms with Gasteiger partial charge in [-0.05, 0) is 42.7 Å². The third-order valence-electron chi connectivity index (χ3n) is 7.40. The van der Waals surface area contributed by atoms with E-state index in [4.69, 9.17) is 4.74 Å². The minimum absolute atomic E-state index is 0.0543. The van der Waals surface area contributed by atoms with Crippen LogP contribution in [0.15, 0.2) is 36.4 Å². The first-order chi connectivity index (χ1) is 16.9. The van der Waals surface area contributed by atoms with Gasteiger partial charge in [-0.1, -0.05) is 31.4 Å². The first kappa shape index (κ1) is 23.3. The average molecular weight is 481 g/mol. The lowest BCUT2D eigenvalue weighted by Gasteiger charge is -2.40. The molecule has 2 N–H and O–H groups in total. The Morgan fingerprint density at radius 2 is 1.89 bits per heavy atom. The number of hydrogen-bond donors (Lipinski definition) is 2. The molecule has 1 saturated heterocycles. The monoisotopic (exact) mass is 480 g/mol. The van der Waals surface area contributed by atoms with Crippen LogP contribution >= 0.6 is 0 Å². The molecule has 1 saturated carbocycles. The molecule has 2 aromatic rings. The summed E-state index contributed by atoms with van der Waals surface area (Å²) in [5.41, 5.74) is 1.26. The predicted molar refractivity (Wildman–Crippen MR) is 128 cm³/mol. The Morgan fingerprint density at radius 3 is 2.60 bits per heavy atom. The summed E-state index contributed by atoms with van der Waals surface area (Å²) in [5, 5.41) is 5.44. The number of likely N-dealkylation sites (tertiary alicyclic amines) is 1. The minimum Gasteiger partial charge on any atom is -0.497 e. The second-order valence-corrected chi connectivity index (χ2v) is 9.58. The number of rotatable bonds is 5. The molecule has 0 bridgehead atoms. The highest BCUT2D eigenvalue weighted by Gasteiger charge is 2.49. The maximum absolute atomic E-state index is 14.6. The zero-order valence-corrected chi connectivity index (χ0v) is 19.7. The summed E-state index contributed by atoms with van der Waals surface area (Å²) in [6, 6.07) is 9.84. The zero-order valence-electron chi connectivity index (χ0n) is 19.7. The van der Waals surface area contributed by atoms with Gasteiger partial charge in [0, 0.05) is 6.42 Å². The number of nitrogens with one attached hydrogen (secondary N) is 2. The maximum atomic E-state index is 14.6. The van der Waals surface area contributed by atoms with Crippen molar-refractivity contribution in [2.45, 2.75) is 62.6 Å². The van der Waals surface area contributed by atoms with Crippen molar-refractivity contribution in [1.82, 2.24) is 9.88 Å². The number of amides is 3. The molecule has 1 aliphatic carbocycles. The third kappa shape index (κ3) is 4.35. The molecule has 2 atom stereocenters. The standard InChI is InChI=1S/C26H29FN4O4/c1-35-18-7-5-16(6-8-18)26(11-3-2-4-12-26)25(34)31-15-17(27)13-21(31)24(33)30-22-10-9-19-20(28-22)14-23(32)29-19/h5-10,17,21H,2-4,11-15H2,1H3,(H,29,32)(H,28,30,33)/t17-,21-/m1/s1. The number of fused-ring (bicyclic) bond motifs is 1. The number of methoxy groups -OCH3 is 1. The fourth-order valence-corrected chi connectivity index (χ4v) is 5.60. The van der Waals surface area contributed by atoms with E-state index in [2.05, 4.69) is 15.6 Å². The van der Waals surface area contributed by atoms with Gasteiger partial charge in [-0.2, -0.15) is 0 Å². The average Bonchev–Trinajstić information content (AvgIpc) is 3.45. The molecular weight excluding hydrogens is 451 g/mol. The molecular formula is C26H29FN4O4. The van der Waals surface area contributed by atoms with Crippen molar-refractivity contribution < 1.29 is 23.5 Å². The normalized spacial score (nSPS) is 22.9. The molecule has 1 aromatic heterocycles. The highest BCUT2D eigenvalue weighted by molar-refractivity contribution is 6.01. The fourth-order valence-electron chi connectivity index (χ4n) is 5.60. The summed E-state index contributed by atoms with van der Waals surface area (Å²) in [6.45, 7) is -0.106. The Hall–Kier alpha value is -3.49. The summed E-state index contributed by atoms with van der Waals surface area (Å²) < 4.78 is 19.9. The van der Waals surface area contributed by atoms with E-state index in [1.807, 2.05) is 24.3 Å². The number of ether oxygens (including phenoxy) is 1. The quantitative estimate of drug-likeness (QED) is 0.684. The summed E-state index contributed by atoms with van der Waals surface area (Å²) in [6.07, 6.45) is 2.97. The highest BCUT2D eigenvalue weighted by Crippen LogP contribution is 2.43. The van der Waals surface area contributed by atoms with Gasteiger partial charge in [0.1, 0.15) is 23.8 Å². The predicted octanol–water partition coefficient (Wildman–Crippen LogP) is 3.36. The van der Waals surface area contributed by atoms with Gasteiger partial charge >= 0.3 is 0 Å². The van der Waals surface area contributed by atoms with E-state index >= 15 is 0 Å². The summed E-state index contributed by atoms with van der Waals surface area (Å²) in [7, 11) is 1.59. The van der Waals surface area contributed by atoms with Gasteiger partial charge in [-0.25, -0.2) is 9.37 Å². The van der Waals surface area contributed by atoms with Crippen LogP contribution in [0.2, 0.25) is 0 Å². The van der Waals surface area contributed by atoms with Crippen LogP contribution < -0.4 is 15.4 Å². The number of benzene rings is 1. The van der Waals surface area contributed by atoms with Crippen molar-refractivity contribution in [3.8, 4) is 5.75 Å². The smallest absolute Gasteiger partial charge is 0.248 e. The number of carbonyl (C=O) groups is 3. The molecule has 8 nitrogen and oxygen atoms in total. The van der Waals surface area contributed by atoms with Crippen molar-refractivity contribution in [2.24, 2.45) is 0 Å². The molecule has 184 valence electrons. The summed E-state index contributed by atoms with van der Waals surface area (Å²) in [4.78, 5) is 44.7. The molecule has 0 unspecified atom stereocenters. The molecule has 0 radical (unpaired) electrons. The number of pyridine rings is 1. The van der Waals surface area contributed by atoms with Gasteiger partial charge in [-0.15, -0.1) is 0 Å². The summed E-state index contributed by atoms with van der Waals surface area (Å²) >= 11 is 0. The van der Waals surface area contributed by atoms with Crippen LogP contribution in [0, 0.1) is 0 Å². The van der Waals surface area contributed by atoms with E-state index in [1.54, 1.807) is 19.2 Å². The van der Waals surface area contributed by atoms with E-state index in [0.717, 1.165) is 24.8 Å². The minimum atomic E-state index is -1.28. The van der Waals surface area contributed by atoms with E-state index in [-0.39, 0.29) is 37.0 Å². The van der Waals surface area contributed by atoms with Crippen LogP contribution in [0.1, 0.15) is 49.8 Å². The lowest BCUT2D eigenvalue weighted by molar-refractivity contribution is -0.143. The van der Waals surface area contributed by atoms with Crippen molar-refractivity contribution in [2.75, 3.05) is 24.3 Å². The van der Waals surface area contributed by atoms with Gasteiger partial charge < -0.3 is 20.3 Å². The SMILES string of the molecule is COc1ccc(C2(C(=O)N3C[C@H](F)C[C@@H]3C(=O)Nc3ccc4c(n3)CC(=O)N4)CCCCC2)cc1. The fraction of sp³-hybridized carbons (Fsp3) is 0.462. The molecule has 3 aliphatic rings. The molecule has 3 amide bonds. The van der Waals surface area contributed by atoms with Gasteiger partial charge in [0.05, 0.1) is 36.9 Å². The maximum Gasteiger partial charge on any atom is 0.248 e. The molecule has 9 heteroatoms. The van der Waals surface area contributed by atoms with Crippen molar-refractivity contribution in [3.05, 3.63) is 47.7 Å². The van der Waals surface area contributed by atoms with E-state index in [9.17, 15) is 18.8 Å². The van der Waals surface area contributed by atoms with Gasteiger partial charge in [-0.3, -0.25) is 14.4 Å². The summed E-state index contributed by atoms with van der Waals surface area (Å²) in [5.74, 6) is 0.166. The number of halogens is 1. The lowest BCUT2D eigenvalue weighted by Crippen LogP contribution is -2.52. The second kappa shape index (κ2) is 9.28. The zero-order chi connectivity index (χ0) is 24.6. The number of alkyl halides is 1. The van der Waals surface area contributed by atoms with Crippen LogP contribution in [0.5, 0.6) is 5.75 Å². The van der Waals surface area contributed by atoms with Crippen molar-refractivity contribution in [3.63, 3.8) is 0 Å². The number of nitrogens with zero attached hydrogens (tertiary/aromatic N) is 2. The van der Waals surface area contributed by atoms with E-state index in [0.29, 0.717) is 30.0 Å². The van der Waals surface area contributed by atoms with E-state index < -0.39 is 23.5 Å². The molecule has 35 heavy (non-hydrogen) atoms. The Labute approximate surface area is 203 Å². The Bertz CT molecular complexity index is 1150. The third-order valence-corrected chi connectivity index (χ3v) is 7.40. The Balaban J connectivity index is 1.39. The van der Waals surface area contributed by atoms with Crippen LogP contribution in [0.3, 0.4) is 0 Å². The number of carbonyl (C=O) groups excluding carboxylic acids is 3. The van der Waals surface area contributed by atoms with Gasteiger partial charge in [0.15, 0.2) is 0 Å². The number of anilines is 2. The molecule has 3 heterocycles.